The SMILES string of the molecule is O=C(CCn1ccnc1)Nc1nc2ccccc2s1. The summed E-state index contributed by atoms with van der Waals surface area (Å²) in [5.74, 6) is -0.0345. The number of carbonyl (C=O) groups is 1. The molecule has 0 spiro atoms. The highest BCUT2D eigenvalue weighted by Crippen LogP contribution is 2.25. The van der Waals surface area contributed by atoms with Gasteiger partial charge in [0.25, 0.3) is 0 Å². The van der Waals surface area contributed by atoms with Gasteiger partial charge in [-0.3, -0.25) is 4.79 Å². The summed E-state index contributed by atoms with van der Waals surface area (Å²) < 4.78 is 2.95. The molecule has 19 heavy (non-hydrogen) atoms. The van der Waals surface area contributed by atoms with Gasteiger partial charge in [-0.2, -0.15) is 0 Å². The van der Waals surface area contributed by atoms with E-state index in [1.165, 1.54) is 11.3 Å². The van der Waals surface area contributed by atoms with Crippen LogP contribution in [0.25, 0.3) is 10.2 Å². The maximum atomic E-state index is 11.8. The van der Waals surface area contributed by atoms with Crippen LogP contribution in [-0.2, 0) is 11.3 Å². The third-order valence-corrected chi connectivity index (χ3v) is 3.65. The first-order valence-electron chi connectivity index (χ1n) is 5.92. The van der Waals surface area contributed by atoms with Crippen LogP contribution in [0.1, 0.15) is 6.42 Å². The van der Waals surface area contributed by atoms with Gasteiger partial charge in [0, 0.05) is 25.4 Å². The lowest BCUT2D eigenvalue weighted by Gasteiger charge is -2.02. The van der Waals surface area contributed by atoms with Gasteiger partial charge in [-0.15, -0.1) is 0 Å². The monoisotopic (exact) mass is 272 g/mol. The Morgan fingerprint density at radius 1 is 1.37 bits per heavy atom. The standard InChI is InChI=1S/C13H12N4OS/c18-12(5-7-17-8-6-14-9-17)16-13-15-10-3-1-2-4-11(10)19-13/h1-4,6,8-9H,5,7H2,(H,15,16,18). The van der Waals surface area contributed by atoms with E-state index in [0.717, 1.165) is 10.2 Å². The topological polar surface area (TPSA) is 59.8 Å². The first-order chi connectivity index (χ1) is 9.31. The zero-order chi connectivity index (χ0) is 13.1. The molecule has 0 bridgehead atoms. The number of rotatable bonds is 4. The van der Waals surface area contributed by atoms with Gasteiger partial charge >= 0.3 is 0 Å². The van der Waals surface area contributed by atoms with Crippen LogP contribution in [0.15, 0.2) is 43.0 Å². The van der Waals surface area contributed by atoms with Crippen LogP contribution in [0.4, 0.5) is 5.13 Å². The second-order valence-corrected chi connectivity index (χ2v) is 5.12. The van der Waals surface area contributed by atoms with Crippen LogP contribution in [0.3, 0.4) is 0 Å². The molecule has 2 heterocycles. The molecule has 0 atom stereocenters. The highest BCUT2D eigenvalue weighted by Gasteiger charge is 2.07. The van der Waals surface area contributed by atoms with Gasteiger partial charge in [-0.25, -0.2) is 9.97 Å². The van der Waals surface area contributed by atoms with Gasteiger partial charge in [0.15, 0.2) is 5.13 Å². The molecular formula is C13H12N4OS. The molecule has 5 nitrogen and oxygen atoms in total. The minimum atomic E-state index is -0.0345. The molecule has 0 saturated heterocycles. The predicted octanol–water partition coefficient (Wildman–Crippen LogP) is 2.52. The molecule has 0 aliphatic carbocycles. The summed E-state index contributed by atoms with van der Waals surface area (Å²) in [6.07, 6.45) is 5.65. The van der Waals surface area contributed by atoms with Crippen LogP contribution >= 0.6 is 11.3 Å². The molecule has 0 saturated carbocycles. The second kappa shape index (κ2) is 5.19. The van der Waals surface area contributed by atoms with Crippen LogP contribution in [0, 0.1) is 0 Å². The van der Waals surface area contributed by atoms with Gasteiger partial charge in [0.05, 0.1) is 16.5 Å². The number of benzene rings is 1. The number of hydrogen-bond acceptors (Lipinski definition) is 4. The molecule has 0 unspecified atom stereocenters. The number of aryl methyl sites for hydroxylation is 1. The summed E-state index contributed by atoms with van der Waals surface area (Å²) in [6.45, 7) is 0.622. The van der Waals surface area contributed by atoms with Crippen molar-refractivity contribution in [1.82, 2.24) is 14.5 Å². The van der Waals surface area contributed by atoms with Crippen molar-refractivity contribution >= 4 is 32.6 Å². The molecule has 0 aliphatic heterocycles. The summed E-state index contributed by atoms with van der Waals surface area (Å²) >= 11 is 1.49. The fourth-order valence-electron chi connectivity index (χ4n) is 1.76. The molecule has 0 radical (unpaired) electrons. The number of fused-ring (bicyclic) bond motifs is 1. The Morgan fingerprint density at radius 2 is 2.26 bits per heavy atom. The zero-order valence-electron chi connectivity index (χ0n) is 10.1. The maximum Gasteiger partial charge on any atom is 0.227 e. The summed E-state index contributed by atoms with van der Waals surface area (Å²) in [5, 5.41) is 3.48. The second-order valence-electron chi connectivity index (χ2n) is 4.09. The van der Waals surface area contributed by atoms with Crippen LogP contribution < -0.4 is 5.32 Å². The lowest BCUT2D eigenvalue weighted by Crippen LogP contribution is -2.13. The smallest absolute Gasteiger partial charge is 0.227 e. The minimum absolute atomic E-state index is 0.0345. The molecule has 0 fully saturated rings. The molecule has 3 aromatic rings. The van der Waals surface area contributed by atoms with Crippen molar-refractivity contribution in [3.63, 3.8) is 0 Å². The summed E-state index contributed by atoms with van der Waals surface area (Å²) in [6, 6.07) is 7.83. The van der Waals surface area contributed by atoms with Crippen molar-refractivity contribution in [1.29, 1.82) is 0 Å². The van der Waals surface area contributed by atoms with Gasteiger partial charge in [-0.1, -0.05) is 23.5 Å². The molecule has 0 aliphatic rings. The average Bonchev–Trinajstić information content (AvgIpc) is 3.04. The van der Waals surface area contributed by atoms with Gasteiger partial charge in [-0.05, 0) is 12.1 Å². The maximum absolute atomic E-state index is 11.8. The van der Waals surface area contributed by atoms with E-state index in [-0.39, 0.29) is 5.91 Å². The predicted molar refractivity (Wildman–Crippen MR) is 75.1 cm³/mol. The van der Waals surface area contributed by atoms with E-state index in [9.17, 15) is 4.79 Å². The lowest BCUT2D eigenvalue weighted by molar-refractivity contribution is -0.116. The van der Waals surface area contributed by atoms with E-state index in [1.807, 2.05) is 35.0 Å². The number of imidazole rings is 1. The normalized spacial score (nSPS) is 10.7. The highest BCUT2D eigenvalue weighted by molar-refractivity contribution is 7.22. The summed E-state index contributed by atoms with van der Waals surface area (Å²) in [4.78, 5) is 20.1. The number of nitrogens with zero attached hydrogens (tertiary/aromatic N) is 3. The quantitative estimate of drug-likeness (QED) is 0.794. The number of amides is 1. The Labute approximate surface area is 113 Å². The van der Waals surface area contributed by atoms with Gasteiger partial charge in [0.2, 0.25) is 5.91 Å². The number of hydrogen-bond donors (Lipinski definition) is 1. The van der Waals surface area contributed by atoms with Crippen molar-refractivity contribution in [3.8, 4) is 0 Å². The zero-order valence-corrected chi connectivity index (χ0v) is 10.9. The van der Waals surface area contributed by atoms with E-state index >= 15 is 0 Å². The number of nitrogens with one attached hydrogen (secondary N) is 1. The van der Waals surface area contributed by atoms with E-state index in [1.54, 1.807) is 12.5 Å². The molecule has 96 valence electrons. The number of anilines is 1. The minimum Gasteiger partial charge on any atom is -0.337 e. The molecule has 6 heteroatoms. The molecule has 1 amide bonds. The average molecular weight is 272 g/mol. The van der Waals surface area contributed by atoms with Gasteiger partial charge < -0.3 is 9.88 Å². The summed E-state index contributed by atoms with van der Waals surface area (Å²) in [5.41, 5.74) is 0.914. The first kappa shape index (κ1) is 11.9. The number of para-hydroxylation sites is 1. The highest BCUT2D eigenvalue weighted by atomic mass is 32.1. The Kier molecular flexibility index (Phi) is 3.24. The largest absolute Gasteiger partial charge is 0.337 e. The van der Waals surface area contributed by atoms with E-state index in [0.29, 0.717) is 18.1 Å². The van der Waals surface area contributed by atoms with Crippen molar-refractivity contribution < 1.29 is 4.79 Å². The van der Waals surface area contributed by atoms with E-state index < -0.39 is 0 Å². The van der Waals surface area contributed by atoms with Crippen molar-refractivity contribution in [2.75, 3.05) is 5.32 Å². The summed E-state index contributed by atoms with van der Waals surface area (Å²) in [7, 11) is 0. The Bertz CT molecular complexity index is 657. The molecular weight excluding hydrogens is 260 g/mol. The molecule has 1 aromatic carbocycles. The third-order valence-electron chi connectivity index (χ3n) is 2.70. The molecule has 1 N–H and O–H groups in total. The Balaban J connectivity index is 1.62. The van der Waals surface area contributed by atoms with E-state index in [4.69, 9.17) is 0 Å². The van der Waals surface area contributed by atoms with Gasteiger partial charge in [0.1, 0.15) is 0 Å². The Hall–Kier alpha value is -2.21. The Morgan fingerprint density at radius 3 is 3.05 bits per heavy atom. The van der Waals surface area contributed by atoms with E-state index in [2.05, 4.69) is 15.3 Å². The molecule has 3 rings (SSSR count). The fourth-order valence-corrected chi connectivity index (χ4v) is 2.64. The fraction of sp³-hybridized carbons (Fsp3) is 0.154. The van der Waals surface area contributed by atoms with Crippen molar-refractivity contribution in [2.24, 2.45) is 0 Å². The van der Waals surface area contributed by atoms with Crippen molar-refractivity contribution in [2.45, 2.75) is 13.0 Å². The lowest BCUT2D eigenvalue weighted by atomic mass is 10.3. The van der Waals surface area contributed by atoms with Crippen LogP contribution in [0.2, 0.25) is 0 Å². The number of carbonyl (C=O) groups excluding carboxylic acids is 1. The van der Waals surface area contributed by atoms with Crippen molar-refractivity contribution in [3.05, 3.63) is 43.0 Å². The first-order valence-corrected chi connectivity index (χ1v) is 6.74. The third kappa shape index (κ3) is 2.79. The number of thiazole rings is 1. The van der Waals surface area contributed by atoms with Crippen LogP contribution in [-0.4, -0.2) is 20.4 Å². The number of aromatic nitrogens is 3. The molecule has 2 aromatic heterocycles. The van der Waals surface area contributed by atoms with Crippen LogP contribution in [0.5, 0.6) is 0 Å².